The Morgan fingerprint density at radius 3 is 3.11 bits per heavy atom. The third-order valence-electron chi connectivity index (χ3n) is 3.85. The van der Waals surface area contributed by atoms with Crippen LogP contribution in [0.3, 0.4) is 0 Å². The average molecular weight is 314 g/mol. The first kappa shape index (κ1) is 12.5. The average Bonchev–Trinajstić information content (AvgIpc) is 3.00. The van der Waals surface area contributed by atoms with Gasteiger partial charge in [-0.3, -0.25) is 0 Å². The van der Waals surface area contributed by atoms with Crippen molar-refractivity contribution in [3.63, 3.8) is 0 Å². The van der Waals surface area contributed by atoms with Gasteiger partial charge < -0.3 is 10.1 Å². The van der Waals surface area contributed by atoms with E-state index in [2.05, 4.69) is 32.9 Å². The van der Waals surface area contributed by atoms with Crippen LogP contribution in [0.25, 0.3) is 0 Å². The first-order valence-corrected chi connectivity index (χ1v) is 7.73. The molecular formula is C13H20BrN3O. The van der Waals surface area contributed by atoms with E-state index < -0.39 is 0 Å². The second kappa shape index (κ2) is 5.21. The molecular weight excluding hydrogens is 294 g/mol. The highest BCUT2D eigenvalue weighted by Crippen LogP contribution is 2.37. The van der Waals surface area contributed by atoms with Gasteiger partial charge in [0.25, 0.3) is 0 Å². The van der Waals surface area contributed by atoms with Crippen LogP contribution in [0, 0.1) is 0 Å². The Hall–Kier alpha value is -0.550. The molecule has 2 unspecified atom stereocenters. The normalized spacial score (nSPS) is 27.0. The SMILES string of the molecule is CCCc1nn2c(c1Br)NCCC2C1CCCO1. The molecule has 0 amide bonds. The van der Waals surface area contributed by atoms with Crippen molar-refractivity contribution in [2.75, 3.05) is 18.5 Å². The fourth-order valence-electron chi connectivity index (χ4n) is 2.97. The van der Waals surface area contributed by atoms with Crippen LogP contribution in [0.5, 0.6) is 0 Å². The maximum Gasteiger partial charge on any atom is 0.139 e. The Bertz CT molecular complexity index is 426. The van der Waals surface area contributed by atoms with Crippen LogP contribution < -0.4 is 5.32 Å². The van der Waals surface area contributed by atoms with Crippen molar-refractivity contribution < 1.29 is 4.74 Å². The van der Waals surface area contributed by atoms with Gasteiger partial charge in [0.05, 0.1) is 22.3 Å². The quantitative estimate of drug-likeness (QED) is 0.931. The number of halogens is 1. The monoisotopic (exact) mass is 313 g/mol. The molecule has 1 fully saturated rings. The molecule has 2 aliphatic heterocycles. The van der Waals surface area contributed by atoms with Gasteiger partial charge in [0.15, 0.2) is 0 Å². The number of anilines is 1. The molecule has 100 valence electrons. The van der Waals surface area contributed by atoms with Gasteiger partial charge in [0.2, 0.25) is 0 Å². The Kier molecular flexibility index (Phi) is 3.61. The zero-order chi connectivity index (χ0) is 12.5. The van der Waals surface area contributed by atoms with Crippen molar-refractivity contribution in [3.05, 3.63) is 10.2 Å². The van der Waals surface area contributed by atoms with Gasteiger partial charge in [-0.15, -0.1) is 0 Å². The first-order chi connectivity index (χ1) is 8.81. The Morgan fingerprint density at radius 2 is 2.39 bits per heavy atom. The van der Waals surface area contributed by atoms with Crippen LogP contribution in [-0.4, -0.2) is 29.0 Å². The Morgan fingerprint density at radius 1 is 1.50 bits per heavy atom. The third kappa shape index (κ3) is 2.07. The van der Waals surface area contributed by atoms with Crippen molar-refractivity contribution in [2.24, 2.45) is 0 Å². The van der Waals surface area contributed by atoms with Crippen molar-refractivity contribution in [1.29, 1.82) is 0 Å². The van der Waals surface area contributed by atoms with E-state index in [9.17, 15) is 0 Å². The van der Waals surface area contributed by atoms with E-state index in [0.29, 0.717) is 12.1 Å². The highest BCUT2D eigenvalue weighted by atomic mass is 79.9. The predicted octanol–water partition coefficient (Wildman–Crippen LogP) is 3.13. The van der Waals surface area contributed by atoms with E-state index in [4.69, 9.17) is 9.84 Å². The second-order valence-electron chi connectivity index (χ2n) is 5.14. The number of fused-ring (bicyclic) bond motifs is 1. The minimum absolute atomic E-state index is 0.354. The fourth-order valence-corrected chi connectivity index (χ4v) is 3.57. The molecule has 0 aliphatic carbocycles. The number of nitrogens with one attached hydrogen (secondary N) is 1. The lowest BCUT2D eigenvalue weighted by molar-refractivity contribution is 0.0590. The summed E-state index contributed by atoms with van der Waals surface area (Å²) < 4.78 is 9.16. The zero-order valence-electron chi connectivity index (χ0n) is 10.8. The topological polar surface area (TPSA) is 39.1 Å². The van der Waals surface area contributed by atoms with Crippen molar-refractivity contribution in [2.45, 2.75) is 51.2 Å². The summed E-state index contributed by atoms with van der Waals surface area (Å²) in [5, 5.41) is 8.25. The van der Waals surface area contributed by atoms with Gasteiger partial charge in [-0.2, -0.15) is 5.10 Å². The van der Waals surface area contributed by atoms with Gasteiger partial charge >= 0.3 is 0 Å². The lowest BCUT2D eigenvalue weighted by Gasteiger charge is -2.29. The minimum Gasteiger partial charge on any atom is -0.376 e. The molecule has 2 aliphatic rings. The van der Waals surface area contributed by atoms with E-state index in [1.54, 1.807) is 0 Å². The largest absolute Gasteiger partial charge is 0.376 e. The summed E-state index contributed by atoms with van der Waals surface area (Å²) in [6, 6.07) is 0.408. The van der Waals surface area contributed by atoms with Crippen molar-refractivity contribution in [1.82, 2.24) is 9.78 Å². The molecule has 1 N–H and O–H groups in total. The van der Waals surface area contributed by atoms with Crippen LogP contribution >= 0.6 is 15.9 Å². The smallest absolute Gasteiger partial charge is 0.139 e. The fraction of sp³-hybridized carbons (Fsp3) is 0.769. The molecule has 1 saturated heterocycles. The third-order valence-corrected chi connectivity index (χ3v) is 4.68. The number of hydrogen-bond donors (Lipinski definition) is 1. The summed E-state index contributed by atoms with van der Waals surface area (Å²) in [7, 11) is 0. The molecule has 0 spiro atoms. The molecule has 0 saturated carbocycles. The number of ether oxygens (including phenoxy) is 1. The highest BCUT2D eigenvalue weighted by Gasteiger charge is 2.33. The van der Waals surface area contributed by atoms with Gasteiger partial charge in [0.1, 0.15) is 5.82 Å². The lowest BCUT2D eigenvalue weighted by Crippen LogP contribution is -2.31. The summed E-state index contributed by atoms with van der Waals surface area (Å²) in [5.74, 6) is 1.14. The summed E-state index contributed by atoms with van der Waals surface area (Å²) in [6.07, 6.45) is 5.98. The van der Waals surface area contributed by atoms with Gasteiger partial charge in [-0.25, -0.2) is 4.68 Å². The van der Waals surface area contributed by atoms with Crippen LogP contribution in [-0.2, 0) is 11.2 Å². The van der Waals surface area contributed by atoms with E-state index in [1.807, 2.05) is 0 Å². The summed E-state index contributed by atoms with van der Waals surface area (Å²) in [6.45, 7) is 4.12. The molecule has 0 aromatic carbocycles. The van der Waals surface area contributed by atoms with E-state index in [0.717, 1.165) is 42.7 Å². The van der Waals surface area contributed by atoms with Crippen LogP contribution in [0.15, 0.2) is 4.47 Å². The highest BCUT2D eigenvalue weighted by molar-refractivity contribution is 9.10. The second-order valence-corrected chi connectivity index (χ2v) is 5.93. The number of rotatable bonds is 3. The number of hydrogen-bond acceptors (Lipinski definition) is 3. The molecule has 1 aromatic rings. The van der Waals surface area contributed by atoms with Crippen molar-refractivity contribution >= 4 is 21.7 Å². The van der Waals surface area contributed by atoms with Crippen LogP contribution in [0.1, 0.15) is 44.3 Å². The summed E-state index contributed by atoms with van der Waals surface area (Å²) in [4.78, 5) is 0. The standard InChI is InChI=1S/C13H20BrN3O/c1-2-4-9-12(14)13-15-7-6-10(17(13)16-9)11-5-3-8-18-11/h10-11,15H,2-8H2,1H3. The van der Waals surface area contributed by atoms with Gasteiger partial charge in [-0.1, -0.05) is 13.3 Å². The van der Waals surface area contributed by atoms with E-state index >= 15 is 0 Å². The van der Waals surface area contributed by atoms with Gasteiger partial charge in [0, 0.05) is 13.2 Å². The molecule has 1 aromatic heterocycles. The summed E-state index contributed by atoms with van der Waals surface area (Å²) >= 11 is 3.69. The molecule has 0 bridgehead atoms. The molecule has 3 heterocycles. The maximum absolute atomic E-state index is 5.85. The van der Waals surface area contributed by atoms with Crippen molar-refractivity contribution in [3.8, 4) is 0 Å². The lowest BCUT2D eigenvalue weighted by atomic mass is 10.0. The summed E-state index contributed by atoms with van der Waals surface area (Å²) in [5.41, 5.74) is 1.17. The minimum atomic E-state index is 0.354. The van der Waals surface area contributed by atoms with Gasteiger partial charge in [-0.05, 0) is 41.6 Å². The maximum atomic E-state index is 5.85. The first-order valence-electron chi connectivity index (χ1n) is 6.93. The predicted molar refractivity (Wildman–Crippen MR) is 75.0 cm³/mol. The van der Waals surface area contributed by atoms with E-state index in [1.165, 1.54) is 18.5 Å². The van der Waals surface area contributed by atoms with Crippen LogP contribution in [0.4, 0.5) is 5.82 Å². The zero-order valence-corrected chi connectivity index (χ0v) is 12.4. The molecule has 0 radical (unpaired) electrons. The number of aromatic nitrogens is 2. The molecule has 4 nitrogen and oxygen atoms in total. The van der Waals surface area contributed by atoms with E-state index in [-0.39, 0.29) is 0 Å². The molecule has 18 heavy (non-hydrogen) atoms. The Labute approximate surface area is 116 Å². The molecule has 3 rings (SSSR count). The molecule has 2 atom stereocenters. The number of aryl methyl sites for hydroxylation is 1. The van der Waals surface area contributed by atoms with Crippen LogP contribution in [0.2, 0.25) is 0 Å². The number of nitrogens with zero attached hydrogens (tertiary/aromatic N) is 2. The molecule has 5 heteroatoms. The Balaban J connectivity index is 1.92.